The molecule has 5 nitrogen and oxygen atoms in total. The van der Waals surface area contributed by atoms with E-state index in [0.717, 1.165) is 23.8 Å². The van der Waals surface area contributed by atoms with Gasteiger partial charge in [0.2, 0.25) is 0 Å². The second-order valence-electron chi connectivity index (χ2n) is 4.91. The third kappa shape index (κ3) is 3.27. The Morgan fingerprint density at radius 3 is 2.84 bits per heavy atom. The summed E-state index contributed by atoms with van der Waals surface area (Å²) in [4.78, 5) is 8.06. The van der Waals surface area contributed by atoms with Crippen molar-refractivity contribution in [3.63, 3.8) is 0 Å². The second-order valence-corrected chi connectivity index (χ2v) is 8.20. The fraction of sp³-hybridized carbons (Fsp3) is 0.750. The number of aryl methyl sites for hydroxylation is 1. The molecule has 1 aliphatic heterocycles. The molecule has 1 fully saturated rings. The first-order valence-electron chi connectivity index (χ1n) is 6.57. The molecule has 2 rings (SSSR count). The van der Waals surface area contributed by atoms with Crippen LogP contribution in [0.3, 0.4) is 0 Å². The number of sulfone groups is 1. The van der Waals surface area contributed by atoms with Gasteiger partial charge in [0.15, 0.2) is 15.0 Å². The maximum absolute atomic E-state index is 11.6. The van der Waals surface area contributed by atoms with Gasteiger partial charge in [-0.1, -0.05) is 6.92 Å². The summed E-state index contributed by atoms with van der Waals surface area (Å²) in [7, 11) is -0.944. The molecule has 1 saturated heterocycles. The third-order valence-corrected chi connectivity index (χ3v) is 6.28. The molecule has 0 bridgehead atoms. The number of aromatic nitrogens is 1. The van der Waals surface area contributed by atoms with Crippen molar-refractivity contribution in [2.45, 2.75) is 32.9 Å². The van der Waals surface area contributed by atoms with Crippen LogP contribution in [0.15, 0.2) is 0 Å². The molecule has 1 aromatic rings. The predicted molar refractivity (Wildman–Crippen MR) is 79.7 cm³/mol. The van der Waals surface area contributed by atoms with E-state index in [4.69, 9.17) is 0 Å². The first-order chi connectivity index (χ1) is 8.96. The molecule has 7 heteroatoms. The molecule has 1 unspecified atom stereocenters. The quantitative estimate of drug-likeness (QED) is 0.901. The minimum absolute atomic E-state index is 0.0111. The van der Waals surface area contributed by atoms with E-state index in [2.05, 4.69) is 22.1 Å². The van der Waals surface area contributed by atoms with Crippen molar-refractivity contribution in [2.75, 3.05) is 30.0 Å². The van der Waals surface area contributed by atoms with E-state index in [1.165, 1.54) is 4.88 Å². The van der Waals surface area contributed by atoms with Crippen LogP contribution in [-0.4, -0.2) is 44.5 Å². The maximum atomic E-state index is 11.6. The predicted octanol–water partition coefficient (Wildman–Crippen LogP) is 1.05. The van der Waals surface area contributed by atoms with Crippen LogP contribution < -0.4 is 10.2 Å². The Bertz CT molecular complexity index is 539. The summed E-state index contributed by atoms with van der Waals surface area (Å²) in [6, 6.07) is 0.0111. The van der Waals surface area contributed by atoms with Crippen LogP contribution >= 0.6 is 11.3 Å². The third-order valence-electron chi connectivity index (χ3n) is 3.36. The Morgan fingerprint density at radius 2 is 2.26 bits per heavy atom. The Kier molecular flexibility index (Phi) is 4.47. The molecule has 0 spiro atoms. The highest BCUT2D eigenvalue weighted by atomic mass is 32.2. The van der Waals surface area contributed by atoms with E-state index in [9.17, 15) is 8.42 Å². The highest BCUT2D eigenvalue weighted by molar-refractivity contribution is 7.91. The Morgan fingerprint density at radius 1 is 1.53 bits per heavy atom. The van der Waals surface area contributed by atoms with Crippen LogP contribution in [0.4, 0.5) is 5.13 Å². The number of hydrogen-bond donors (Lipinski definition) is 1. The van der Waals surface area contributed by atoms with Gasteiger partial charge < -0.3 is 10.2 Å². The van der Waals surface area contributed by atoms with Crippen LogP contribution in [-0.2, 0) is 22.8 Å². The lowest BCUT2D eigenvalue weighted by Gasteiger charge is -2.32. The Balaban J connectivity index is 2.22. The number of rotatable bonds is 4. The van der Waals surface area contributed by atoms with Gasteiger partial charge in [-0.2, -0.15) is 0 Å². The minimum Gasteiger partial charge on any atom is -0.343 e. The first-order valence-corrected chi connectivity index (χ1v) is 9.21. The zero-order chi connectivity index (χ0) is 14.0. The number of nitrogens with zero attached hydrogens (tertiary/aromatic N) is 2. The summed E-state index contributed by atoms with van der Waals surface area (Å²) in [6.07, 6.45) is 0.911. The highest BCUT2D eigenvalue weighted by Gasteiger charge is 2.30. The fourth-order valence-corrected chi connectivity index (χ4v) is 5.20. The van der Waals surface area contributed by atoms with Gasteiger partial charge >= 0.3 is 0 Å². The average molecular weight is 303 g/mol. The summed E-state index contributed by atoms with van der Waals surface area (Å²) in [6.45, 7) is 5.43. The van der Waals surface area contributed by atoms with Crippen molar-refractivity contribution in [1.82, 2.24) is 10.3 Å². The minimum atomic E-state index is -2.87. The van der Waals surface area contributed by atoms with Crippen LogP contribution in [0.2, 0.25) is 0 Å². The van der Waals surface area contributed by atoms with E-state index < -0.39 is 9.84 Å². The molecule has 1 aromatic heterocycles. The van der Waals surface area contributed by atoms with Crippen LogP contribution in [0.25, 0.3) is 0 Å². The standard InChI is InChI=1S/C12H21N3O2S2/c1-4-10-11(7-13-3)18-12(14-10)15-5-6-19(16,17)8-9(15)2/h9,13H,4-8H2,1-3H3. The van der Waals surface area contributed by atoms with Crippen molar-refractivity contribution in [3.05, 3.63) is 10.6 Å². The normalized spacial score (nSPS) is 22.7. The van der Waals surface area contributed by atoms with Crippen molar-refractivity contribution in [1.29, 1.82) is 0 Å². The van der Waals surface area contributed by atoms with Gasteiger partial charge in [0.1, 0.15) is 0 Å². The molecule has 1 N–H and O–H groups in total. The van der Waals surface area contributed by atoms with E-state index in [0.29, 0.717) is 6.54 Å². The largest absolute Gasteiger partial charge is 0.343 e. The van der Waals surface area contributed by atoms with Crippen molar-refractivity contribution in [3.8, 4) is 0 Å². The Labute approximate surface area is 119 Å². The van der Waals surface area contributed by atoms with E-state index in [1.807, 2.05) is 14.0 Å². The second kappa shape index (κ2) is 5.76. The lowest BCUT2D eigenvalue weighted by atomic mass is 10.3. The summed E-state index contributed by atoms with van der Waals surface area (Å²) in [5.41, 5.74) is 1.12. The Hall–Kier alpha value is -0.660. The van der Waals surface area contributed by atoms with Crippen molar-refractivity contribution >= 4 is 26.3 Å². The van der Waals surface area contributed by atoms with E-state index in [1.54, 1.807) is 11.3 Å². The first kappa shape index (κ1) is 14.7. The highest BCUT2D eigenvalue weighted by Crippen LogP contribution is 2.29. The van der Waals surface area contributed by atoms with Gasteiger partial charge in [-0.15, -0.1) is 11.3 Å². The van der Waals surface area contributed by atoms with Crippen LogP contribution in [0, 0.1) is 0 Å². The van der Waals surface area contributed by atoms with Gasteiger partial charge in [-0.05, 0) is 20.4 Å². The van der Waals surface area contributed by atoms with Gasteiger partial charge in [-0.3, -0.25) is 0 Å². The molecule has 0 saturated carbocycles. The number of thiazole rings is 1. The van der Waals surface area contributed by atoms with E-state index in [-0.39, 0.29) is 17.5 Å². The smallest absolute Gasteiger partial charge is 0.186 e. The molecule has 0 aliphatic carbocycles. The topological polar surface area (TPSA) is 62.3 Å². The zero-order valence-electron chi connectivity index (χ0n) is 11.6. The van der Waals surface area contributed by atoms with Gasteiger partial charge in [0, 0.05) is 24.0 Å². The number of nitrogens with one attached hydrogen (secondary N) is 1. The summed E-state index contributed by atoms with van der Waals surface area (Å²) < 4.78 is 23.2. The van der Waals surface area contributed by atoms with Crippen molar-refractivity contribution < 1.29 is 8.42 Å². The van der Waals surface area contributed by atoms with E-state index >= 15 is 0 Å². The van der Waals surface area contributed by atoms with Gasteiger partial charge in [-0.25, -0.2) is 13.4 Å². The average Bonchev–Trinajstić information content (AvgIpc) is 2.71. The van der Waals surface area contributed by atoms with Gasteiger partial charge in [0.05, 0.1) is 17.2 Å². The number of anilines is 1. The molecule has 108 valence electrons. The molecule has 0 amide bonds. The lowest BCUT2D eigenvalue weighted by Crippen LogP contribution is -2.47. The molecule has 2 heterocycles. The lowest BCUT2D eigenvalue weighted by molar-refractivity contribution is 0.568. The molecule has 1 atom stereocenters. The fourth-order valence-electron chi connectivity index (χ4n) is 2.35. The van der Waals surface area contributed by atoms with Crippen LogP contribution in [0.1, 0.15) is 24.4 Å². The molecule has 0 radical (unpaired) electrons. The van der Waals surface area contributed by atoms with Gasteiger partial charge in [0.25, 0.3) is 0 Å². The number of hydrogen-bond acceptors (Lipinski definition) is 6. The SMILES string of the molecule is CCc1nc(N2CCS(=O)(=O)CC2C)sc1CNC. The van der Waals surface area contributed by atoms with Crippen molar-refractivity contribution in [2.24, 2.45) is 0 Å². The monoisotopic (exact) mass is 303 g/mol. The zero-order valence-corrected chi connectivity index (χ0v) is 13.3. The molecular formula is C12H21N3O2S2. The molecule has 0 aromatic carbocycles. The molecular weight excluding hydrogens is 282 g/mol. The summed E-state index contributed by atoms with van der Waals surface area (Å²) in [5, 5.41) is 4.12. The maximum Gasteiger partial charge on any atom is 0.186 e. The molecule has 19 heavy (non-hydrogen) atoms. The molecule has 1 aliphatic rings. The summed E-state index contributed by atoms with van der Waals surface area (Å²) in [5.74, 6) is 0.467. The van der Waals surface area contributed by atoms with Crippen LogP contribution in [0.5, 0.6) is 0 Å². The summed E-state index contributed by atoms with van der Waals surface area (Å²) >= 11 is 1.68.